The molecule has 0 spiro atoms. The van der Waals surface area contributed by atoms with Crippen LogP contribution in [-0.2, 0) is 0 Å². The summed E-state index contributed by atoms with van der Waals surface area (Å²) in [5.74, 6) is -0.361. The smallest absolute Gasteiger partial charge is 0.210 e. The zero-order valence-corrected chi connectivity index (χ0v) is 21.8. The summed E-state index contributed by atoms with van der Waals surface area (Å²) in [6.45, 7) is 2.12. The Morgan fingerprint density at radius 1 is 0.744 bits per heavy atom. The van der Waals surface area contributed by atoms with Gasteiger partial charge in [0.15, 0.2) is 5.78 Å². The Labute approximate surface area is 226 Å². The molecule has 0 unspecified atom stereocenters. The van der Waals surface area contributed by atoms with Crippen molar-refractivity contribution in [2.75, 3.05) is 0 Å². The molecule has 0 radical (unpaired) electrons. The van der Waals surface area contributed by atoms with Gasteiger partial charge in [0, 0.05) is 33.2 Å². The molecule has 0 saturated heterocycles. The van der Waals surface area contributed by atoms with E-state index in [9.17, 15) is 19.9 Å². The maximum Gasteiger partial charge on any atom is 0.210 e. The number of Topliss-reactive ketones (excluding diaryl/α,β-unsaturated/α-hetero) is 1. The van der Waals surface area contributed by atoms with Gasteiger partial charge in [-0.05, 0) is 85.6 Å². The van der Waals surface area contributed by atoms with Gasteiger partial charge in [-0.25, -0.2) is 0 Å². The lowest BCUT2D eigenvalue weighted by Crippen LogP contribution is -2.14. The summed E-state index contributed by atoms with van der Waals surface area (Å²) in [4.78, 5) is 26.6. The van der Waals surface area contributed by atoms with Gasteiger partial charge < -0.3 is 14.9 Å². The first-order chi connectivity index (χ1) is 19.0. The van der Waals surface area contributed by atoms with Gasteiger partial charge in [-0.15, -0.1) is 0 Å². The quantitative estimate of drug-likeness (QED) is 0.0651. The van der Waals surface area contributed by atoms with Crippen LogP contribution in [0.25, 0.3) is 27.5 Å². The number of hydrogen-bond acceptors (Lipinski definition) is 5. The van der Waals surface area contributed by atoms with Crippen molar-refractivity contribution in [3.63, 3.8) is 0 Å². The number of aromatic hydroxyl groups is 1. The molecule has 1 aromatic heterocycles. The van der Waals surface area contributed by atoms with E-state index in [-0.39, 0.29) is 23.0 Å². The molecule has 1 heterocycles. The zero-order valence-electron chi connectivity index (χ0n) is 21.8. The lowest BCUT2D eigenvalue weighted by atomic mass is 9.98. The molecule has 0 aliphatic heterocycles. The van der Waals surface area contributed by atoms with E-state index in [0.29, 0.717) is 23.1 Å². The molecule has 0 amide bonds. The number of nitrogens with zero attached hydrogens (tertiary/aromatic N) is 2. The van der Waals surface area contributed by atoms with Crippen molar-refractivity contribution in [3.8, 4) is 11.4 Å². The Kier molecular flexibility index (Phi) is 7.55. The number of ketones is 2. The van der Waals surface area contributed by atoms with Crippen LogP contribution in [0.1, 0.15) is 65.3 Å². The highest BCUT2D eigenvalue weighted by Crippen LogP contribution is 2.34. The number of phenols is 1. The summed E-state index contributed by atoms with van der Waals surface area (Å²) in [7, 11) is 0. The lowest BCUT2D eigenvalue weighted by Gasteiger charge is -2.08. The fraction of sp³-hybridized carbons (Fsp3) is 0.182. The van der Waals surface area contributed by atoms with Crippen LogP contribution in [0.15, 0.2) is 96.2 Å². The number of carbonyl (C=O) groups excluding carboxylic acids is 2. The molecular formula is C33H30N2O4. The van der Waals surface area contributed by atoms with Crippen LogP contribution < -0.4 is 0 Å². The fourth-order valence-electron chi connectivity index (χ4n) is 5.04. The molecule has 0 saturated carbocycles. The number of benzene rings is 4. The molecule has 0 atom stereocenters. The average Bonchev–Trinajstić information content (AvgIpc) is 3.30. The minimum atomic E-state index is -0.298. The number of aromatic nitrogens is 1. The highest BCUT2D eigenvalue weighted by atomic mass is 16.4. The monoisotopic (exact) mass is 518 g/mol. The normalized spacial score (nSPS) is 11.8. The van der Waals surface area contributed by atoms with Crippen LogP contribution in [0.5, 0.6) is 5.75 Å². The van der Waals surface area contributed by atoms with E-state index >= 15 is 0 Å². The highest BCUT2D eigenvalue weighted by Gasteiger charge is 2.20. The molecule has 5 rings (SSSR count). The molecule has 39 heavy (non-hydrogen) atoms. The Morgan fingerprint density at radius 2 is 1.36 bits per heavy atom. The second-order valence-electron chi connectivity index (χ2n) is 9.70. The van der Waals surface area contributed by atoms with Crippen molar-refractivity contribution < 1.29 is 19.9 Å². The third-order valence-electron chi connectivity index (χ3n) is 7.08. The van der Waals surface area contributed by atoms with Crippen LogP contribution in [0.3, 0.4) is 0 Å². The number of fused-ring (bicyclic) bond motifs is 3. The number of hydrogen-bond donors (Lipinski definition) is 2. The van der Waals surface area contributed by atoms with Crippen LogP contribution in [0.4, 0.5) is 0 Å². The Bertz CT molecular complexity index is 1680. The average molecular weight is 519 g/mol. The third kappa shape index (κ3) is 5.18. The molecule has 0 aliphatic rings. The summed E-state index contributed by atoms with van der Waals surface area (Å²) in [6.07, 6.45) is 4.34. The molecule has 6 nitrogen and oxygen atoms in total. The minimum Gasteiger partial charge on any atom is -0.508 e. The number of para-hydroxylation sites is 1. The highest BCUT2D eigenvalue weighted by molar-refractivity contribution is 6.46. The maximum absolute atomic E-state index is 13.3. The number of carbonyl (C=O) groups is 2. The summed E-state index contributed by atoms with van der Waals surface area (Å²) < 4.78 is 2.11. The van der Waals surface area contributed by atoms with E-state index < -0.39 is 0 Å². The fourth-order valence-corrected chi connectivity index (χ4v) is 5.04. The number of oxime groups is 1. The minimum absolute atomic E-state index is 0.0984. The van der Waals surface area contributed by atoms with E-state index in [1.165, 1.54) is 12.1 Å². The molecule has 0 aliphatic carbocycles. The van der Waals surface area contributed by atoms with Gasteiger partial charge in [0.1, 0.15) is 11.5 Å². The lowest BCUT2D eigenvalue weighted by molar-refractivity contribution is 0.103. The van der Waals surface area contributed by atoms with Crippen molar-refractivity contribution >= 4 is 39.1 Å². The molecule has 5 aromatic rings. The van der Waals surface area contributed by atoms with Crippen molar-refractivity contribution in [1.29, 1.82) is 0 Å². The van der Waals surface area contributed by atoms with Crippen molar-refractivity contribution in [2.24, 2.45) is 5.16 Å². The summed E-state index contributed by atoms with van der Waals surface area (Å²) >= 11 is 0. The van der Waals surface area contributed by atoms with Crippen LogP contribution in [0.2, 0.25) is 0 Å². The van der Waals surface area contributed by atoms with E-state index in [1.807, 2.05) is 54.6 Å². The van der Waals surface area contributed by atoms with E-state index in [2.05, 4.69) is 16.6 Å². The van der Waals surface area contributed by atoms with Gasteiger partial charge in [-0.2, -0.15) is 0 Å². The SMILES string of the molecule is CCCCCC/C(=N\O)C(=O)c1ccc2c(c1)c1cc(C(=O)c3ccc(O)cc3)ccc1n2-c1ccccc1. The van der Waals surface area contributed by atoms with Crippen molar-refractivity contribution in [3.05, 3.63) is 108 Å². The Morgan fingerprint density at radius 3 is 2.00 bits per heavy atom. The first kappa shape index (κ1) is 25.9. The van der Waals surface area contributed by atoms with Gasteiger partial charge in [0.2, 0.25) is 5.78 Å². The second-order valence-corrected chi connectivity index (χ2v) is 9.70. The summed E-state index contributed by atoms with van der Waals surface area (Å²) in [5, 5.41) is 24.2. The predicted octanol–water partition coefficient (Wildman–Crippen LogP) is 7.70. The third-order valence-corrected chi connectivity index (χ3v) is 7.08. The van der Waals surface area contributed by atoms with Gasteiger partial charge >= 0.3 is 0 Å². The molecule has 2 N–H and O–H groups in total. The molecule has 0 bridgehead atoms. The molecule has 4 aromatic carbocycles. The van der Waals surface area contributed by atoms with E-state index in [4.69, 9.17) is 0 Å². The van der Waals surface area contributed by atoms with Crippen molar-refractivity contribution in [2.45, 2.75) is 39.0 Å². The molecular weight excluding hydrogens is 488 g/mol. The first-order valence-electron chi connectivity index (χ1n) is 13.2. The van der Waals surface area contributed by atoms with Crippen LogP contribution in [0, 0.1) is 0 Å². The molecule has 0 fully saturated rings. The number of phenolic OH excluding ortho intramolecular Hbond substituents is 1. The molecule has 6 heteroatoms. The number of unbranched alkanes of at least 4 members (excludes halogenated alkanes) is 3. The standard InChI is InChI=1S/C33H30N2O4/c1-2-3-4-8-11-29(34-39)33(38)24-15-19-31-28(21-24)27-20-23(32(37)22-12-16-26(36)17-13-22)14-18-30(27)35(31)25-9-6-5-7-10-25/h5-7,9-10,12-21,36,39H,2-4,8,11H2,1H3/b34-29+. The largest absolute Gasteiger partial charge is 0.508 e. The Hall–Kier alpha value is -4.71. The maximum atomic E-state index is 13.3. The summed E-state index contributed by atoms with van der Waals surface area (Å²) in [5.41, 5.74) is 4.33. The topological polar surface area (TPSA) is 91.9 Å². The first-order valence-corrected chi connectivity index (χ1v) is 13.2. The van der Waals surface area contributed by atoms with Gasteiger partial charge in [-0.3, -0.25) is 9.59 Å². The molecule has 196 valence electrons. The van der Waals surface area contributed by atoms with E-state index in [0.717, 1.165) is 53.2 Å². The van der Waals surface area contributed by atoms with Gasteiger partial charge in [0.25, 0.3) is 0 Å². The van der Waals surface area contributed by atoms with E-state index in [1.54, 1.807) is 24.3 Å². The van der Waals surface area contributed by atoms with Crippen LogP contribution >= 0.6 is 0 Å². The number of rotatable bonds is 10. The summed E-state index contributed by atoms with van der Waals surface area (Å²) in [6, 6.07) is 27.2. The zero-order chi connectivity index (χ0) is 27.4. The Balaban J connectivity index is 1.63. The second kappa shape index (κ2) is 11.4. The van der Waals surface area contributed by atoms with Gasteiger partial charge in [0.05, 0.1) is 11.0 Å². The van der Waals surface area contributed by atoms with Crippen molar-refractivity contribution in [1.82, 2.24) is 4.57 Å². The predicted molar refractivity (Wildman–Crippen MR) is 155 cm³/mol. The van der Waals surface area contributed by atoms with Gasteiger partial charge in [-0.1, -0.05) is 49.5 Å². The van der Waals surface area contributed by atoms with Crippen LogP contribution in [-0.4, -0.2) is 32.2 Å².